The van der Waals surface area contributed by atoms with E-state index in [4.69, 9.17) is 4.74 Å². The number of amides is 2. The highest BCUT2D eigenvalue weighted by molar-refractivity contribution is 5.74. The van der Waals surface area contributed by atoms with Crippen molar-refractivity contribution in [2.24, 2.45) is 5.92 Å². The topological polar surface area (TPSA) is 44.8 Å². The first kappa shape index (κ1) is 22.4. The molecule has 2 saturated heterocycles. The summed E-state index contributed by atoms with van der Waals surface area (Å²) in [6.07, 6.45) is 12.1. The van der Waals surface area contributed by atoms with Gasteiger partial charge in [0.25, 0.3) is 0 Å². The highest BCUT2D eigenvalue weighted by Crippen LogP contribution is 2.43. The number of fused-ring (bicyclic) bond motifs is 4. The van der Waals surface area contributed by atoms with Crippen molar-refractivity contribution in [2.75, 3.05) is 33.3 Å². The van der Waals surface area contributed by atoms with E-state index >= 15 is 0 Å². The predicted molar refractivity (Wildman–Crippen MR) is 126 cm³/mol. The van der Waals surface area contributed by atoms with Gasteiger partial charge in [0.1, 0.15) is 5.75 Å². The lowest BCUT2D eigenvalue weighted by atomic mass is 9.76. The maximum atomic E-state index is 13.1. The molecule has 4 rings (SSSR count). The van der Waals surface area contributed by atoms with Gasteiger partial charge in [-0.15, -0.1) is 0 Å². The molecule has 3 aliphatic heterocycles. The monoisotopic (exact) mass is 427 g/mol. The molecule has 172 valence electrons. The van der Waals surface area contributed by atoms with Crippen molar-refractivity contribution >= 4 is 6.03 Å². The first-order chi connectivity index (χ1) is 15.2. The summed E-state index contributed by atoms with van der Waals surface area (Å²) < 4.78 is 5.45. The number of urea groups is 1. The Labute approximate surface area is 188 Å². The van der Waals surface area contributed by atoms with Gasteiger partial charge in [-0.25, -0.2) is 4.79 Å². The summed E-state index contributed by atoms with van der Waals surface area (Å²) in [4.78, 5) is 17.9. The Morgan fingerprint density at radius 2 is 2.00 bits per heavy atom. The van der Waals surface area contributed by atoms with E-state index in [0.29, 0.717) is 18.0 Å². The van der Waals surface area contributed by atoms with Crippen LogP contribution in [0.4, 0.5) is 4.79 Å². The van der Waals surface area contributed by atoms with E-state index in [1.54, 1.807) is 7.11 Å². The summed E-state index contributed by atoms with van der Waals surface area (Å²) in [6, 6.07) is 7.54. The van der Waals surface area contributed by atoms with E-state index in [2.05, 4.69) is 40.2 Å². The van der Waals surface area contributed by atoms with E-state index in [-0.39, 0.29) is 6.03 Å². The number of methoxy groups -OCH3 is 1. The number of nitrogens with zero attached hydrogens (tertiary/aromatic N) is 2. The first-order valence-corrected chi connectivity index (χ1v) is 12.7. The van der Waals surface area contributed by atoms with Gasteiger partial charge < -0.3 is 15.0 Å². The molecule has 5 nitrogen and oxygen atoms in total. The summed E-state index contributed by atoms with van der Waals surface area (Å²) in [5, 5.41) is 3.24. The first-order valence-electron chi connectivity index (χ1n) is 12.7. The minimum Gasteiger partial charge on any atom is -0.497 e. The summed E-state index contributed by atoms with van der Waals surface area (Å²) >= 11 is 0. The molecule has 2 amide bonds. The van der Waals surface area contributed by atoms with Crippen LogP contribution in [0.2, 0.25) is 0 Å². The second kappa shape index (κ2) is 10.7. The zero-order chi connectivity index (χ0) is 21.6. The van der Waals surface area contributed by atoms with Crippen LogP contribution in [-0.4, -0.2) is 55.2 Å². The van der Waals surface area contributed by atoms with Crippen molar-refractivity contribution in [1.82, 2.24) is 15.1 Å². The third kappa shape index (κ3) is 5.19. The largest absolute Gasteiger partial charge is 0.497 e. The van der Waals surface area contributed by atoms with Crippen LogP contribution in [0.3, 0.4) is 0 Å². The Balaban J connectivity index is 1.36. The van der Waals surface area contributed by atoms with E-state index in [9.17, 15) is 4.79 Å². The van der Waals surface area contributed by atoms with Crippen molar-refractivity contribution in [1.29, 1.82) is 0 Å². The molecule has 3 heterocycles. The number of carbonyl (C=O) groups excluding carboxylic acids is 1. The van der Waals surface area contributed by atoms with Crippen LogP contribution in [0.15, 0.2) is 18.2 Å². The van der Waals surface area contributed by atoms with Gasteiger partial charge in [0.15, 0.2) is 0 Å². The summed E-state index contributed by atoms with van der Waals surface area (Å²) in [5.74, 6) is 1.57. The number of benzene rings is 1. The van der Waals surface area contributed by atoms with E-state index in [1.165, 1.54) is 49.7 Å². The number of piperidine rings is 2. The molecule has 0 aromatic heterocycles. The molecule has 1 aromatic carbocycles. The maximum absolute atomic E-state index is 13.1. The standard InChI is InChI=1S/C26H41N3O2/c1-3-4-5-6-7-8-14-27-26(30)29-15-9-10-21-19-28-16-13-20-17-22(31-2)11-12-23(20)25(28)18-24(21)29/h11-12,17,21,24-25H,3-10,13-16,18-19H2,1-2H3,(H,27,30). The average Bonchev–Trinajstić information content (AvgIpc) is 2.81. The van der Waals surface area contributed by atoms with Gasteiger partial charge in [0, 0.05) is 38.3 Å². The van der Waals surface area contributed by atoms with E-state index in [0.717, 1.165) is 57.6 Å². The summed E-state index contributed by atoms with van der Waals surface area (Å²) in [7, 11) is 1.74. The molecule has 0 bridgehead atoms. The molecule has 0 spiro atoms. The zero-order valence-electron chi connectivity index (χ0n) is 19.6. The fourth-order valence-electron chi connectivity index (χ4n) is 6.02. The Morgan fingerprint density at radius 1 is 1.16 bits per heavy atom. The van der Waals surface area contributed by atoms with Crippen LogP contribution >= 0.6 is 0 Å². The van der Waals surface area contributed by atoms with Gasteiger partial charge in [0.05, 0.1) is 7.11 Å². The highest BCUT2D eigenvalue weighted by Gasteiger charge is 2.43. The molecular weight excluding hydrogens is 386 g/mol. The Hall–Kier alpha value is -1.75. The predicted octanol–water partition coefficient (Wildman–Crippen LogP) is 5.15. The second-order valence-corrected chi connectivity index (χ2v) is 9.72. The molecule has 31 heavy (non-hydrogen) atoms. The fourth-order valence-corrected chi connectivity index (χ4v) is 6.02. The van der Waals surface area contributed by atoms with Gasteiger partial charge >= 0.3 is 6.03 Å². The van der Waals surface area contributed by atoms with Gasteiger partial charge in [-0.2, -0.15) is 0 Å². The molecule has 1 aromatic rings. The number of unbranched alkanes of at least 4 members (excludes halogenated alkanes) is 5. The highest BCUT2D eigenvalue weighted by atomic mass is 16.5. The van der Waals surface area contributed by atoms with Crippen LogP contribution in [-0.2, 0) is 6.42 Å². The number of hydrogen-bond donors (Lipinski definition) is 1. The van der Waals surface area contributed by atoms with E-state index < -0.39 is 0 Å². The van der Waals surface area contributed by atoms with Crippen LogP contribution in [0.5, 0.6) is 5.75 Å². The van der Waals surface area contributed by atoms with Crippen LogP contribution in [0.25, 0.3) is 0 Å². The minimum absolute atomic E-state index is 0.169. The molecule has 3 unspecified atom stereocenters. The lowest BCUT2D eigenvalue weighted by molar-refractivity contribution is 0.00573. The second-order valence-electron chi connectivity index (χ2n) is 9.72. The number of hydrogen-bond acceptors (Lipinski definition) is 3. The average molecular weight is 428 g/mol. The SMILES string of the molecule is CCCCCCCCNC(=O)N1CCCC2CN3CCc4cc(OC)ccc4C3CC21. The molecule has 1 N–H and O–H groups in total. The molecule has 3 atom stereocenters. The van der Waals surface area contributed by atoms with Crippen molar-refractivity contribution in [3.05, 3.63) is 29.3 Å². The number of likely N-dealkylation sites (tertiary alicyclic amines) is 1. The normalized spacial score (nSPS) is 25.4. The Kier molecular flexibility index (Phi) is 7.76. The van der Waals surface area contributed by atoms with Crippen LogP contribution < -0.4 is 10.1 Å². The molecule has 5 heteroatoms. The van der Waals surface area contributed by atoms with E-state index in [1.807, 2.05) is 0 Å². The number of ether oxygens (including phenoxy) is 1. The summed E-state index contributed by atoms with van der Waals surface area (Å²) in [5.41, 5.74) is 2.87. The van der Waals surface area contributed by atoms with Gasteiger partial charge in [0.2, 0.25) is 0 Å². The lowest BCUT2D eigenvalue weighted by Crippen LogP contribution is -2.59. The molecular formula is C26H41N3O2. The molecule has 3 aliphatic rings. The third-order valence-electron chi connectivity index (χ3n) is 7.74. The maximum Gasteiger partial charge on any atom is 0.317 e. The lowest BCUT2D eigenvalue weighted by Gasteiger charge is -2.52. The van der Waals surface area contributed by atoms with Crippen molar-refractivity contribution in [3.8, 4) is 5.75 Å². The number of nitrogens with one attached hydrogen (secondary N) is 1. The number of rotatable bonds is 8. The van der Waals surface area contributed by atoms with Crippen molar-refractivity contribution < 1.29 is 9.53 Å². The Morgan fingerprint density at radius 3 is 2.84 bits per heavy atom. The summed E-state index contributed by atoms with van der Waals surface area (Å²) in [6.45, 7) is 6.22. The number of carbonyl (C=O) groups is 1. The molecule has 0 saturated carbocycles. The smallest absolute Gasteiger partial charge is 0.317 e. The third-order valence-corrected chi connectivity index (χ3v) is 7.74. The quantitative estimate of drug-likeness (QED) is 0.584. The van der Waals surface area contributed by atoms with Gasteiger partial charge in [-0.3, -0.25) is 4.90 Å². The molecule has 2 fully saturated rings. The molecule has 0 radical (unpaired) electrons. The Bertz CT molecular complexity index is 737. The fraction of sp³-hybridized carbons (Fsp3) is 0.731. The van der Waals surface area contributed by atoms with Crippen LogP contribution in [0, 0.1) is 5.92 Å². The minimum atomic E-state index is 0.169. The van der Waals surface area contributed by atoms with Gasteiger partial charge in [-0.05, 0) is 61.3 Å². The van der Waals surface area contributed by atoms with Crippen molar-refractivity contribution in [3.63, 3.8) is 0 Å². The van der Waals surface area contributed by atoms with Gasteiger partial charge in [-0.1, -0.05) is 45.1 Å². The molecule has 0 aliphatic carbocycles. The van der Waals surface area contributed by atoms with Crippen molar-refractivity contribution in [2.45, 2.75) is 83.2 Å². The zero-order valence-corrected chi connectivity index (χ0v) is 19.6. The van der Waals surface area contributed by atoms with Crippen LogP contribution in [0.1, 0.15) is 81.9 Å².